The molecule has 3 amide bonds. The van der Waals surface area contributed by atoms with Crippen LogP contribution in [-0.2, 0) is 14.3 Å². The van der Waals surface area contributed by atoms with Gasteiger partial charge in [-0.25, -0.2) is 15.0 Å². The number of hydrogen-bond acceptors (Lipinski definition) is 7. The van der Waals surface area contributed by atoms with E-state index in [1.807, 2.05) is 24.3 Å². The first-order valence-electron chi connectivity index (χ1n) is 11.9. The number of nitrogens with zero attached hydrogens (tertiary/aromatic N) is 1. The van der Waals surface area contributed by atoms with E-state index in [-0.39, 0.29) is 18.8 Å². The molecule has 1 heterocycles. The minimum Gasteiger partial charge on any atom is -0.493 e. The fourth-order valence-electron chi connectivity index (χ4n) is 3.73. The summed E-state index contributed by atoms with van der Waals surface area (Å²) in [5.41, 5.74) is 5.79. The molecule has 196 valence electrons. The van der Waals surface area contributed by atoms with Crippen LogP contribution in [0.3, 0.4) is 0 Å². The summed E-state index contributed by atoms with van der Waals surface area (Å²) in [7, 11) is 1.45. The SMILES string of the molecule is CCOC(=O)C1=C(C)NC(=O)N[C@@H]1c1ccc(OCC(=O)N/N=C\c2ccc(C(C)C)cc2)c(OC)c1. The highest BCUT2D eigenvalue weighted by Gasteiger charge is 2.32. The largest absolute Gasteiger partial charge is 0.493 e. The fraction of sp³-hybridized carbons (Fsp3) is 0.333. The zero-order valence-electron chi connectivity index (χ0n) is 21.6. The van der Waals surface area contributed by atoms with Crippen LogP contribution in [0.15, 0.2) is 58.8 Å². The molecule has 10 heteroatoms. The van der Waals surface area contributed by atoms with Crippen LogP contribution in [0.4, 0.5) is 4.79 Å². The van der Waals surface area contributed by atoms with Crippen LogP contribution in [0.25, 0.3) is 0 Å². The van der Waals surface area contributed by atoms with E-state index in [1.165, 1.54) is 12.7 Å². The van der Waals surface area contributed by atoms with E-state index >= 15 is 0 Å². The Morgan fingerprint density at radius 2 is 1.86 bits per heavy atom. The number of allylic oxidation sites excluding steroid dienone is 1. The molecule has 3 rings (SSSR count). The highest BCUT2D eigenvalue weighted by molar-refractivity contribution is 5.95. The molecule has 0 spiro atoms. The molecule has 1 atom stereocenters. The summed E-state index contributed by atoms with van der Waals surface area (Å²) in [6.07, 6.45) is 1.56. The molecule has 1 aliphatic rings. The second kappa shape index (κ2) is 12.6. The number of esters is 1. The van der Waals surface area contributed by atoms with Crippen molar-refractivity contribution in [1.82, 2.24) is 16.1 Å². The number of amides is 3. The predicted molar refractivity (Wildman–Crippen MR) is 138 cm³/mol. The number of ether oxygens (including phenoxy) is 3. The monoisotopic (exact) mass is 508 g/mol. The molecule has 2 aromatic carbocycles. The first kappa shape index (κ1) is 27.3. The zero-order valence-corrected chi connectivity index (χ0v) is 21.6. The minimum atomic E-state index is -0.747. The summed E-state index contributed by atoms with van der Waals surface area (Å²) in [5.74, 6) is 0.0911. The molecule has 2 aromatic rings. The van der Waals surface area contributed by atoms with Crippen molar-refractivity contribution in [2.45, 2.75) is 39.7 Å². The smallest absolute Gasteiger partial charge is 0.338 e. The third-order valence-corrected chi connectivity index (χ3v) is 5.65. The maximum absolute atomic E-state index is 12.5. The zero-order chi connectivity index (χ0) is 26.9. The molecule has 3 N–H and O–H groups in total. The van der Waals surface area contributed by atoms with E-state index in [0.29, 0.717) is 28.7 Å². The molecule has 0 fully saturated rings. The molecular weight excluding hydrogens is 476 g/mol. The van der Waals surface area contributed by atoms with E-state index in [9.17, 15) is 14.4 Å². The standard InChI is InChI=1S/C27H32N4O6/c1-6-36-26(33)24-17(4)29-27(34)30-25(24)20-11-12-21(22(13-20)35-5)37-15-23(32)31-28-14-18-7-9-19(10-8-18)16(2)3/h7-14,16,25H,6,15H2,1-5H3,(H,31,32)(H2,29,30,34)/b28-14-/t25-/m1/s1. The van der Waals surface area contributed by atoms with Crippen molar-refractivity contribution in [3.63, 3.8) is 0 Å². The Bertz CT molecular complexity index is 1200. The van der Waals surface area contributed by atoms with Crippen molar-refractivity contribution in [3.05, 3.63) is 70.4 Å². The van der Waals surface area contributed by atoms with E-state index in [4.69, 9.17) is 14.2 Å². The topological polar surface area (TPSA) is 127 Å². The summed E-state index contributed by atoms with van der Waals surface area (Å²) >= 11 is 0. The lowest BCUT2D eigenvalue weighted by atomic mass is 9.95. The number of carbonyl (C=O) groups excluding carboxylic acids is 3. The van der Waals surface area contributed by atoms with Crippen molar-refractivity contribution in [2.75, 3.05) is 20.3 Å². The van der Waals surface area contributed by atoms with Gasteiger partial charge in [0.25, 0.3) is 5.91 Å². The lowest BCUT2D eigenvalue weighted by Gasteiger charge is -2.28. The second-order valence-corrected chi connectivity index (χ2v) is 8.60. The maximum Gasteiger partial charge on any atom is 0.338 e. The molecule has 0 saturated carbocycles. The lowest BCUT2D eigenvalue weighted by molar-refractivity contribution is -0.139. The number of urea groups is 1. The Balaban J connectivity index is 1.66. The Morgan fingerprint density at radius 3 is 2.51 bits per heavy atom. The van der Waals surface area contributed by atoms with Crippen LogP contribution in [0, 0.1) is 0 Å². The van der Waals surface area contributed by atoms with Gasteiger partial charge in [-0.2, -0.15) is 5.10 Å². The quantitative estimate of drug-likeness (QED) is 0.256. The normalized spacial score (nSPS) is 15.3. The predicted octanol–water partition coefficient (Wildman–Crippen LogP) is 3.54. The van der Waals surface area contributed by atoms with Gasteiger partial charge in [0.1, 0.15) is 0 Å². The van der Waals surface area contributed by atoms with Crippen LogP contribution in [-0.4, -0.2) is 44.4 Å². The molecule has 1 aliphatic heterocycles. The highest BCUT2D eigenvalue weighted by atomic mass is 16.5. The van der Waals surface area contributed by atoms with Gasteiger partial charge in [-0.3, -0.25) is 4.79 Å². The molecule has 0 saturated heterocycles. The van der Waals surface area contributed by atoms with E-state index in [1.54, 1.807) is 38.3 Å². The number of nitrogens with one attached hydrogen (secondary N) is 3. The number of hydrogen-bond donors (Lipinski definition) is 3. The van der Waals surface area contributed by atoms with Crippen molar-refractivity contribution in [2.24, 2.45) is 5.10 Å². The summed E-state index contributed by atoms with van der Waals surface area (Å²) in [4.78, 5) is 36.8. The molecule has 0 aromatic heterocycles. The van der Waals surface area contributed by atoms with Crippen LogP contribution in [0.1, 0.15) is 56.3 Å². The van der Waals surface area contributed by atoms with Gasteiger partial charge >= 0.3 is 12.0 Å². The van der Waals surface area contributed by atoms with Crippen LogP contribution in [0.2, 0.25) is 0 Å². The van der Waals surface area contributed by atoms with Gasteiger partial charge in [0, 0.05) is 5.70 Å². The number of hydrazone groups is 1. The number of benzene rings is 2. The van der Waals surface area contributed by atoms with Crippen molar-refractivity contribution in [1.29, 1.82) is 0 Å². The Labute approximate surface area is 216 Å². The number of rotatable bonds is 10. The van der Waals surface area contributed by atoms with Gasteiger partial charge in [0.05, 0.1) is 31.5 Å². The second-order valence-electron chi connectivity index (χ2n) is 8.60. The molecule has 0 aliphatic carbocycles. The number of methoxy groups -OCH3 is 1. The third kappa shape index (κ3) is 7.09. The molecule has 0 radical (unpaired) electrons. The van der Waals surface area contributed by atoms with Gasteiger partial charge in [0.2, 0.25) is 0 Å². The molecule has 37 heavy (non-hydrogen) atoms. The van der Waals surface area contributed by atoms with Crippen LogP contribution < -0.4 is 25.5 Å². The van der Waals surface area contributed by atoms with E-state index < -0.39 is 23.9 Å². The first-order valence-corrected chi connectivity index (χ1v) is 11.9. The average Bonchev–Trinajstić information content (AvgIpc) is 2.87. The summed E-state index contributed by atoms with van der Waals surface area (Å²) in [6.45, 7) is 7.48. The first-order chi connectivity index (χ1) is 17.7. The van der Waals surface area contributed by atoms with Crippen LogP contribution >= 0.6 is 0 Å². The van der Waals surface area contributed by atoms with E-state index in [0.717, 1.165) is 5.56 Å². The van der Waals surface area contributed by atoms with Gasteiger partial charge in [0.15, 0.2) is 18.1 Å². The Kier molecular flexibility index (Phi) is 9.26. The van der Waals surface area contributed by atoms with Crippen molar-refractivity contribution >= 4 is 24.1 Å². The Hall–Kier alpha value is -4.34. The molecular formula is C27H32N4O6. The summed E-state index contributed by atoms with van der Waals surface area (Å²) < 4.78 is 16.2. The molecule has 0 unspecified atom stereocenters. The van der Waals surface area contributed by atoms with Gasteiger partial charge in [-0.05, 0) is 48.6 Å². The van der Waals surface area contributed by atoms with Crippen molar-refractivity contribution in [3.8, 4) is 11.5 Å². The molecule has 10 nitrogen and oxygen atoms in total. The average molecular weight is 509 g/mol. The van der Waals surface area contributed by atoms with Crippen LogP contribution in [0.5, 0.6) is 11.5 Å². The minimum absolute atomic E-state index is 0.197. The molecule has 0 bridgehead atoms. The third-order valence-electron chi connectivity index (χ3n) is 5.65. The van der Waals surface area contributed by atoms with Gasteiger partial charge in [-0.15, -0.1) is 0 Å². The Morgan fingerprint density at radius 1 is 1.14 bits per heavy atom. The lowest BCUT2D eigenvalue weighted by Crippen LogP contribution is -2.45. The van der Waals surface area contributed by atoms with Gasteiger partial charge in [-0.1, -0.05) is 44.2 Å². The van der Waals surface area contributed by atoms with E-state index in [2.05, 4.69) is 35.0 Å². The number of carbonyl (C=O) groups is 3. The van der Waals surface area contributed by atoms with Crippen molar-refractivity contribution < 1.29 is 28.6 Å². The maximum atomic E-state index is 12.5. The van der Waals surface area contributed by atoms with Gasteiger partial charge < -0.3 is 24.8 Å². The summed E-state index contributed by atoms with van der Waals surface area (Å²) in [5, 5.41) is 9.29. The summed E-state index contributed by atoms with van der Waals surface area (Å²) in [6, 6.07) is 11.6. The highest BCUT2D eigenvalue weighted by Crippen LogP contribution is 2.34. The fourth-order valence-corrected chi connectivity index (χ4v) is 3.73.